The van der Waals surface area contributed by atoms with Crippen LogP contribution in [-0.4, -0.2) is 48.0 Å². The monoisotopic (exact) mass is 379 g/mol. The molecule has 1 aromatic carbocycles. The summed E-state index contributed by atoms with van der Waals surface area (Å²) in [5.74, 6) is -0.767. The number of ether oxygens (including phenoxy) is 1. The number of halogens is 3. The summed E-state index contributed by atoms with van der Waals surface area (Å²) in [6, 6.07) is 8.06. The van der Waals surface area contributed by atoms with Gasteiger partial charge >= 0.3 is 6.18 Å². The van der Waals surface area contributed by atoms with Crippen molar-refractivity contribution in [2.45, 2.75) is 6.18 Å². The molecule has 6 nitrogen and oxygen atoms in total. The first-order chi connectivity index (χ1) is 12.8. The van der Waals surface area contributed by atoms with Crippen LogP contribution in [0.5, 0.6) is 0 Å². The number of carbonyl (C=O) groups is 2. The summed E-state index contributed by atoms with van der Waals surface area (Å²) in [5, 5.41) is 2.53. The van der Waals surface area contributed by atoms with Crippen LogP contribution in [0.25, 0.3) is 0 Å². The molecule has 1 N–H and O–H groups in total. The Labute approximate surface area is 152 Å². The first-order valence-corrected chi connectivity index (χ1v) is 8.16. The number of rotatable bonds is 3. The van der Waals surface area contributed by atoms with E-state index in [1.807, 2.05) is 0 Å². The third kappa shape index (κ3) is 4.62. The van der Waals surface area contributed by atoms with E-state index >= 15 is 0 Å². The maximum absolute atomic E-state index is 12.5. The van der Waals surface area contributed by atoms with Crippen LogP contribution in [0.1, 0.15) is 26.4 Å². The molecule has 0 spiro atoms. The number of anilines is 1. The van der Waals surface area contributed by atoms with E-state index < -0.39 is 17.6 Å². The molecule has 1 aromatic heterocycles. The van der Waals surface area contributed by atoms with Crippen molar-refractivity contribution in [2.24, 2.45) is 0 Å². The van der Waals surface area contributed by atoms with Crippen molar-refractivity contribution in [3.63, 3.8) is 0 Å². The van der Waals surface area contributed by atoms with Crippen LogP contribution in [0.2, 0.25) is 0 Å². The molecule has 0 bridgehead atoms. The summed E-state index contributed by atoms with van der Waals surface area (Å²) in [5.41, 5.74) is -0.190. The van der Waals surface area contributed by atoms with E-state index in [1.54, 1.807) is 29.2 Å². The second-order valence-electron chi connectivity index (χ2n) is 5.87. The van der Waals surface area contributed by atoms with Gasteiger partial charge in [0.05, 0.1) is 18.8 Å². The molecule has 1 aliphatic heterocycles. The minimum Gasteiger partial charge on any atom is -0.378 e. The predicted octanol–water partition coefficient (Wildman–Crippen LogP) is 2.83. The fraction of sp³-hybridized carbons (Fsp3) is 0.278. The van der Waals surface area contributed by atoms with Gasteiger partial charge in [-0.25, -0.2) is 0 Å². The molecule has 2 aromatic rings. The topological polar surface area (TPSA) is 71.5 Å². The number of alkyl halides is 3. The number of carbonyl (C=O) groups excluding carboxylic acids is 2. The largest absolute Gasteiger partial charge is 0.417 e. The summed E-state index contributed by atoms with van der Waals surface area (Å²) in [6.07, 6.45) is -3.90. The van der Waals surface area contributed by atoms with Crippen molar-refractivity contribution in [1.29, 1.82) is 0 Å². The van der Waals surface area contributed by atoms with Crippen molar-refractivity contribution in [3.8, 4) is 0 Å². The maximum Gasteiger partial charge on any atom is 0.417 e. The van der Waals surface area contributed by atoms with Gasteiger partial charge < -0.3 is 15.0 Å². The molecule has 0 saturated carbocycles. The van der Waals surface area contributed by atoms with Crippen molar-refractivity contribution in [3.05, 3.63) is 59.4 Å². The lowest BCUT2D eigenvalue weighted by atomic mass is 10.1. The SMILES string of the molecule is O=C(Nc1ccc(C(=O)N2CCOCC2)cc1)c1ccc(C(F)(F)F)cn1. The van der Waals surface area contributed by atoms with E-state index in [4.69, 9.17) is 4.74 Å². The molecule has 0 unspecified atom stereocenters. The van der Waals surface area contributed by atoms with E-state index in [0.29, 0.717) is 43.8 Å². The molecule has 0 aliphatic carbocycles. The third-order valence-corrected chi connectivity index (χ3v) is 4.01. The minimum absolute atomic E-state index is 0.124. The van der Waals surface area contributed by atoms with E-state index in [-0.39, 0.29) is 11.6 Å². The van der Waals surface area contributed by atoms with Crippen LogP contribution in [0.15, 0.2) is 42.6 Å². The zero-order valence-corrected chi connectivity index (χ0v) is 14.1. The van der Waals surface area contributed by atoms with Gasteiger partial charge in [-0.15, -0.1) is 0 Å². The molecule has 2 amide bonds. The van der Waals surface area contributed by atoms with Gasteiger partial charge in [-0.2, -0.15) is 13.2 Å². The fourth-order valence-corrected chi connectivity index (χ4v) is 2.54. The van der Waals surface area contributed by atoms with Crippen LogP contribution in [-0.2, 0) is 10.9 Å². The van der Waals surface area contributed by atoms with Crippen LogP contribution < -0.4 is 5.32 Å². The van der Waals surface area contributed by atoms with E-state index in [2.05, 4.69) is 10.3 Å². The summed E-state index contributed by atoms with van der Waals surface area (Å²) in [7, 11) is 0. The van der Waals surface area contributed by atoms with E-state index in [0.717, 1.165) is 12.1 Å². The zero-order chi connectivity index (χ0) is 19.4. The molecule has 3 rings (SSSR count). The average Bonchev–Trinajstić information content (AvgIpc) is 2.68. The van der Waals surface area contributed by atoms with Gasteiger partial charge in [0, 0.05) is 30.5 Å². The van der Waals surface area contributed by atoms with Gasteiger partial charge in [0.15, 0.2) is 0 Å². The van der Waals surface area contributed by atoms with Crippen molar-refractivity contribution in [1.82, 2.24) is 9.88 Å². The summed E-state index contributed by atoms with van der Waals surface area (Å²) >= 11 is 0. The molecule has 2 heterocycles. The summed E-state index contributed by atoms with van der Waals surface area (Å²) in [4.78, 5) is 29.7. The first-order valence-electron chi connectivity index (χ1n) is 8.16. The Morgan fingerprint density at radius 2 is 1.70 bits per heavy atom. The fourth-order valence-electron chi connectivity index (χ4n) is 2.54. The molecule has 1 fully saturated rings. The average molecular weight is 379 g/mol. The maximum atomic E-state index is 12.5. The number of nitrogens with one attached hydrogen (secondary N) is 1. The third-order valence-electron chi connectivity index (χ3n) is 4.01. The van der Waals surface area contributed by atoms with E-state index in [9.17, 15) is 22.8 Å². The predicted molar refractivity (Wildman–Crippen MR) is 90.4 cm³/mol. The Balaban J connectivity index is 1.63. The number of hydrogen-bond acceptors (Lipinski definition) is 4. The Hall–Kier alpha value is -2.94. The number of hydrogen-bond donors (Lipinski definition) is 1. The van der Waals surface area contributed by atoms with Gasteiger partial charge in [-0.1, -0.05) is 0 Å². The molecule has 9 heteroatoms. The van der Waals surface area contributed by atoms with Crippen LogP contribution >= 0.6 is 0 Å². The number of aromatic nitrogens is 1. The first kappa shape index (κ1) is 18.8. The van der Waals surface area contributed by atoms with Crippen LogP contribution in [0, 0.1) is 0 Å². The molecular formula is C18H16F3N3O3. The highest BCUT2D eigenvalue weighted by Crippen LogP contribution is 2.28. The van der Waals surface area contributed by atoms with Crippen molar-refractivity contribution >= 4 is 17.5 Å². The van der Waals surface area contributed by atoms with Crippen LogP contribution in [0.4, 0.5) is 18.9 Å². The zero-order valence-electron chi connectivity index (χ0n) is 14.1. The van der Waals surface area contributed by atoms with Crippen molar-refractivity contribution < 1.29 is 27.5 Å². The lowest BCUT2D eigenvalue weighted by molar-refractivity contribution is -0.137. The quantitative estimate of drug-likeness (QED) is 0.890. The Morgan fingerprint density at radius 1 is 1.04 bits per heavy atom. The minimum atomic E-state index is -4.51. The Bertz CT molecular complexity index is 814. The number of morpholine rings is 1. The number of amides is 2. The van der Waals surface area contributed by atoms with Crippen molar-refractivity contribution in [2.75, 3.05) is 31.6 Å². The van der Waals surface area contributed by atoms with Gasteiger partial charge in [-0.05, 0) is 36.4 Å². The van der Waals surface area contributed by atoms with Gasteiger partial charge in [0.2, 0.25) is 0 Å². The Kier molecular flexibility index (Phi) is 5.41. The highest BCUT2D eigenvalue weighted by Gasteiger charge is 2.31. The van der Waals surface area contributed by atoms with Gasteiger partial charge in [-0.3, -0.25) is 14.6 Å². The molecule has 1 aliphatic rings. The van der Waals surface area contributed by atoms with Crippen LogP contribution in [0.3, 0.4) is 0 Å². The second-order valence-corrected chi connectivity index (χ2v) is 5.87. The molecule has 142 valence electrons. The van der Waals surface area contributed by atoms with Gasteiger partial charge in [0.25, 0.3) is 11.8 Å². The summed E-state index contributed by atoms with van der Waals surface area (Å²) < 4.78 is 42.8. The molecule has 0 atom stereocenters. The highest BCUT2D eigenvalue weighted by atomic mass is 19.4. The molecular weight excluding hydrogens is 363 g/mol. The van der Waals surface area contributed by atoms with Gasteiger partial charge in [0.1, 0.15) is 5.69 Å². The molecule has 0 radical (unpaired) electrons. The number of pyridine rings is 1. The molecule has 1 saturated heterocycles. The smallest absolute Gasteiger partial charge is 0.378 e. The highest BCUT2D eigenvalue weighted by molar-refractivity contribution is 6.03. The lowest BCUT2D eigenvalue weighted by Crippen LogP contribution is -2.40. The second kappa shape index (κ2) is 7.75. The number of benzene rings is 1. The lowest BCUT2D eigenvalue weighted by Gasteiger charge is -2.26. The van der Waals surface area contributed by atoms with E-state index in [1.165, 1.54) is 0 Å². The normalized spacial score (nSPS) is 14.7. The summed E-state index contributed by atoms with van der Waals surface area (Å²) in [6.45, 7) is 2.05. The molecule has 27 heavy (non-hydrogen) atoms. The standard InChI is InChI=1S/C18H16F3N3O3/c19-18(20,21)13-3-6-15(22-11-13)16(25)23-14-4-1-12(2-5-14)17(26)24-7-9-27-10-8-24/h1-6,11H,7-10H2,(H,23,25). The Morgan fingerprint density at radius 3 is 2.26 bits per heavy atom. The number of nitrogens with zero attached hydrogens (tertiary/aromatic N) is 2.